The van der Waals surface area contributed by atoms with E-state index in [1.807, 2.05) is 0 Å². The van der Waals surface area contributed by atoms with Crippen molar-refractivity contribution >= 4 is 57.2 Å². The third-order valence-electron chi connectivity index (χ3n) is 2.97. The smallest absolute Gasteiger partial charge is 0.312 e. The summed E-state index contributed by atoms with van der Waals surface area (Å²) in [5, 5.41) is 16.3. The highest BCUT2D eigenvalue weighted by atomic mass is 127. The molecule has 2 aromatic carbocycles. The molecule has 2 aromatic rings. The number of amides is 1. The van der Waals surface area contributed by atoms with E-state index < -0.39 is 4.92 Å². The molecule has 2 rings (SSSR count). The minimum Gasteiger partial charge on any atom is -0.490 e. The molecule has 0 bridgehead atoms. The normalized spacial score (nSPS) is 9.92. The van der Waals surface area contributed by atoms with Crippen LogP contribution < -0.4 is 15.4 Å². The van der Waals surface area contributed by atoms with Gasteiger partial charge in [0.2, 0.25) is 0 Å². The first kappa shape index (κ1) is 18.1. The summed E-state index contributed by atoms with van der Waals surface area (Å²) in [7, 11) is 1.35. The number of ether oxygens (including phenoxy) is 1. The van der Waals surface area contributed by atoms with E-state index in [4.69, 9.17) is 17.0 Å². The van der Waals surface area contributed by atoms with Crippen molar-refractivity contribution in [1.29, 1.82) is 0 Å². The predicted octanol–water partition coefficient (Wildman–Crippen LogP) is 3.33. The molecule has 0 unspecified atom stereocenters. The number of nitro benzene ring substituents is 1. The molecule has 0 spiro atoms. The number of thiocarbonyl (C=S) groups is 1. The number of benzene rings is 2. The molecule has 0 aliphatic rings. The second-order valence-corrected chi connectivity index (χ2v) is 6.21. The second-order valence-electron chi connectivity index (χ2n) is 4.56. The van der Waals surface area contributed by atoms with Crippen molar-refractivity contribution in [3.63, 3.8) is 0 Å². The summed E-state index contributed by atoms with van der Waals surface area (Å²) in [5.74, 6) is -0.230. The SMILES string of the molecule is COc1ccc(NC(=S)NC(=O)c2ccc(I)cc2)cc1[N+](=O)[O-]. The summed E-state index contributed by atoms with van der Waals surface area (Å²) in [4.78, 5) is 22.5. The van der Waals surface area contributed by atoms with Gasteiger partial charge in [-0.3, -0.25) is 20.2 Å². The molecule has 0 aromatic heterocycles. The number of carbonyl (C=O) groups excluding carboxylic acids is 1. The Hall–Kier alpha value is -2.27. The van der Waals surface area contributed by atoms with Gasteiger partial charge in [0.25, 0.3) is 5.91 Å². The predicted molar refractivity (Wildman–Crippen MR) is 102 cm³/mol. The molecule has 0 saturated carbocycles. The van der Waals surface area contributed by atoms with E-state index in [0.29, 0.717) is 11.3 Å². The molecule has 0 aliphatic carbocycles. The number of carbonyl (C=O) groups is 1. The maximum Gasteiger partial charge on any atom is 0.312 e. The Morgan fingerprint density at radius 1 is 1.25 bits per heavy atom. The molecule has 0 atom stereocenters. The maximum absolute atomic E-state index is 12.1. The van der Waals surface area contributed by atoms with Gasteiger partial charge in [-0.2, -0.15) is 0 Å². The average Bonchev–Trinajstić information content (AvgIpc) is 2.55. The third-order valence-corrected chi connectivity index (χ3v) is 3.89. The Bertz CT molecular complexity index is 796. The van der Waals surface area contributed by atoms with E-state index in [9.17, 15) is 14.9 Å². The lowest BCUT2D eigenvalue weighted by Gasteiger charge is -2.10. The Labute approximate surface area is 156 Å². The summed E-state index contributed by atoms with van der Waals surface area (Å²) in [5.41, 5.74) is 0.630. The van der Waals surface area contributed by atoms with Gasteiger partial charge in [0, 0.05) is 20.9 Å². The van der Waals surface area contributed by atoms with Crippen molar-refractivity contribution in [2.75, 3.05) is 12.4 Å². The van der Waals surface area contributed by atoms with Crippen LogP contribution in [0.1, 0.15) is 10.4 Å². The molecule has 0 saturated heterocycles. The number of hydrogen-bond donors (Lipinski definition) is 2. The van der Waals surface area contributed by atoms with Crippen LogP contribution >= 0.6 is 34.8 Å². The summed E-state index contributed by atoms with van der Waals surface area (Å²) in [6, 6.07) is 11.3. The van der Waals surface area contributed by atoms with Crippen molar-refractivity contribution in [3.8, 4) is 5.75 Å². The molecule has 1 amide bonds. The van der Waals surface area contributed by atoms with Gasteiger partial charge in [-0.1, -0.05) is 0 Å². The van der Waals surface area contributed by atoms with Crippen LogP contribution in [0.25, 0.3) is 0 Å². The van der Waals surface area contributed by atoms with Gasteiger partial charge in [-0.15, -0.1) is 0 Å². The Balaban J connectivity index is 2.07. The Morgan fingerprint density at radius 3 is 2.50 bits per heavy atom. The van der Waals surface area contributed by atoms with Crippen LogP contribution in [0.15, 0.2) is 42.5 Å². The number of hydrogen-bond acceptors (Lipinski definition) is 5. The van der Waals surface area contributed by atoms with Crippen LogP contribution in [-0.2, 0) is 0 Å². The summed E-state index contributed by atoms with van der Waals surface area (Å²) in [6.07, 6.45) is 0. The van der Waals surface area contributed by atoms with Crippen LogP contribution in [0.3, 0.4) is 0 Å². The van der Waals surface area contributed by atoms with Crippen molar-refractivity contribution in [2.45, 2.75) is 0 Å². The Morgan fingerprint density at radius 2 is 1.92 bits per heavy atom. The lowest BCUT2D eigenvalue weighted by atomic mass is 10.2. The molecular weight excluding hydrogens is 445 g/mol. The van der Waals surface area contributed by atoms with E-state index in [1.165, 1.54) is 19.2 Å². The number of nitro groups is 1. The lowest BCUT2D eigenvalue weighted by molar-refractivity contribution is -0.385. The van der Waals surface area contributed by atoms with E-state index in [-0.39, 0.29) is 22.5 Å². The molecule has 24 heavy (non-hydrogen) atoms. The zero-order valence-corrected chi connectivity index (χ0v) is 15.4. The standard InChI is InChI=1S/C15H12IN3O4S/c1-23-13-7-6-11(8-12(13)19(21)22)17-15(24)18-14(20)9-2-4-10(16)5-3-9/h2-8H,1H3,(H2,17,18,20,24). The first-order valence-corrected chi connectivity index (χ1v) is 8.09. The maximum atomic E-state index is 12.1. The number of halogens is 1. The van der Waals surface area contributed by atoms with Crippen molar-refractivity contribution in [3.05, 3.63) is 61.7 Å². The molecule has 2 N–H and O–H groups in total. The first-order valence-electron chi connectivity index (χ1n) is 6.61. The number of nitrogens with one attached hydrogen (secondary N) is 2. The van der Waals surface area contributed by atoms with Gasteiger partial charge in [-0.05, 0) is 71.2 Å². The van der Waals surface area contributed by atoms with Gasteiger partial charge in [0.1, 0.15) is 0 Å². The van der Waals surface area contributed by atoms with Gasteiger partial charge in [-0.25, -0.2) is 0 Å². The molecule has 9 heteroatoms. The monoisotopic (exact) mass is 457 g/mol. The zero-order chi connectivity index (χ0) is 17.7. The molecule has 0 heterocycles. The molecule has 0 radical (unpaired) electrons. The molecule has 0 aliphatic heterocycles. The molecule has 0 fully saturated rings. The van der Waals surface area contributed by atoms with Crippen LogP contribution in [0, 0.1) is 13.7 Å². The highest BCUT2D eigenvalue weighted by molar-refractivity contribution is 14.1. The minimum atomic E-state index is -0.558. The lowest BCUT2D eigenvalue weighted by Crippen LogP contribution is -2.34. The number of methoxy groups -OCH3 is 1. The van der Waals surface area contributed by atoms with Crippen LogP contribution in [0.2, 0.25) is 0 Å². The fraction of sp³-hybridized carbons (Fsp3) is 0.0667. The largest absolute Gasteiger partial charge is 0.490 e. The highest BCUT2D eigenvalue weighted by Gasteiger charge is 2.16. The summed E-state index contributed by atoms with van der Waals surface area (Å²) < 4.78 is 5.94. The van der Waals surface area contributed by atoms with E-state index >= 15 is 0 Å². The van der Waals surface area contributed by atoms with Gasteiger partial charge >= 0.3 is 5.69 Å². The third kappa shape index (κ3) is 4.61. The second kappa shape index (κ2) is 8.02. The number of anilines is 1. The highest BCUT2D eigenvalue weighted by Crippen LogP contribution is 2.29. The summed E-state index contributed by atoms with van der Waals surface area (Å²) in [6.45, 7) is 0. The van der Waals surface area contributed by atoms with Crippen LogP contribution in [-0.4, -0.2) is 23.1 Å². The molecule has 7 nitrogen and oxygen atoms in total. The van der Waals surface area contributed by atoms with E-state index in [1.54, 1.807) is 30.3 Å². The van der Waals surface area contributed by atoms with Crippen molar-refractivity contribution in [2.24, 2.45) is 0 Å². The number of rotatable bonds is 4. The zero-order valence-electron chi connectivity index (χ0n) is 12.4. The number of nitrogens with zero attached hydrogens (tertiary/aromatic N) is 1. The Kier molecular flexibility index (Phi) is 6.04. The van der Waals surface area contributed by atoms with Gasteiger partial charge in [0.05, 0.1) is 12.0 Å². The van der Waals surface area contributed by atoms with Crippen LogP contribution in [0.5, 0.6) is 5.75 Å². The summed E-state index contributed by atoms with van der Waals surface area (Å²) >= 11 is 7.20. The fourth-order valence-corrected chi connectivity index (χ4v) is 2.42. The van der Waals surface area contributed by atoms with Crippen LogP contribution in [0.4, 0.5) is 11.4 Å². The quantitative estimate of drug-likeness (QED) is 0.317. The van der Waals surface area contributed by atoms with Crippen molar-refractivity contribution in [1.82, 2.24) is 5.32 Å². The van der Waals surface area contributed by atoms with E-state index in [2.05, 4.69) is 33.2 Å². The average molecular weight is 457 g/mol. The van der Waals surface area contributed by atoms with Gasteiger partial charge < -0.3 is 10.1 Å². The first-order chi connectivity index (χ1) is 11.4. The topological polar surface area (TPSA) is 93.5 Å². The molecule has 124 valence electrons. The van der Waals surface area contributed by atoms with E-state index in [0.717, 1.165) is 3.57 Å². The van der Waals surface area contributed by atoms with Crippen molar-refractivity contribution < 1.29 is 14.5 Å². The molecular formula is C15H12IN3O4S. The minimum absolute atomic E-state index is 0.0398. The fourth-order valence-electron chi connectivity index (χ4n) is 1.85. The van der Waals surface area contributed by atoms with Gasteiger partial charge in [0.15, 0.2) is 10.9 Å².